The quantitative estimate of drug-likeness (QED) is 0.0821. The summed E-state index contributed by atoms with van der Waals surface area (Å²) in [6, 6.07) is 3.62. The summed E-state index contributed by atoms with van der Waals surface area (Å²) in [5.74, 6) is -2.83. The monoisotopic (exact) mass is 604 g/mol. The first-order valence-corrected chi connectivity index (χ1v) is 15.6. The smallest absolute Gasteiger partial charge is 0.200 e. The van der Waals surface area contributed by atoms with Crippen molar-refractivity contribution < 1.29 is 30.0 Å². The third kappa shape index (κ3) is 6.10. The molecule has 240 valence electrons. The fraction of sp³-hybridized carbons (Fsp3) is 0.526. The summed E-state index contributed by atoms with van der Waals surface area (Å²) in [5, 5.41) is 45.0. The first-order valence-electron chi connectivity index (χ1n) is 15.6. The van der Waals surface area contributed by atoms with Gasteiger partial charge in [0, 0.05) is 5.56 Å². The Bertz CT molecular complexity index is 1430. The van der Waals surface area contributed by atoms with Crippen LogP contribution in [0.1, 0.15) is 104 Å². The molecule has 0 heterocycles. The van der Waals surface area contributed by atoms with Crippen molar-refractivity contribution in [3.05, 3.63) is 82.7 Å². The Labute approximate surface area is 263 Å². The van der Waals surface area contributed by atoms with Crippen LogP contribution in [0.15, 0.2) is 77.1 Å². The van der Waals surface area contributed by atoms with Gasteiger partial charge in [-0.15, -0.1) is 6.58 Å². The highest BCUT2D eigenvalue weighted by Crippen LogP contribution is 2.69. The zero-order valence-electron chi connectivity index (χ0n) is 27.9. The minimum Gasteiger partial charge on any atom is -0.511 e. The van der Waals surface area contributed by atoms with E-state index in [1.165, 1.54) is 12.1 Å². The van der Waals surface area contributed by atoms with Gasteiger partial charge in [-0.25, -0.2) is 0 Å². The number of aliphatic hydroxyl groups is 2. The normalized spacial score (nSPS) is 26.5. The number of phenols is 2. The Balaban J connectivity index is 2.43. The number of phenolic OH excluding ortho intramolecular Hbond substituents is 2. The lowest BCUT2D eigenvalue weighted by molar-refractivity contribution is -0.204. The van der Waals surface area contributed by atoms with Crippen LogP contribution in [0.5, 0.6) is 11.5 Å². The molecule has 5 atom stereocenters. The molecule has 0 aromatic heterocycles. The zero-order chi connectivity index (χ0) is 33.4. The van der Waals surface area contributed by atoms with Crippen LogP contribution in [0.25, 0.3) is 0 Å². The van der Waals surface area contributed by atoms with Gasteiger partial charge in [-0.3, -0.25) is 9.59 Å². The van der Waals surface area contributed by atoms with Crippen molar-refractivity contribution in [3.63, 3.8) is 0 Å². The summed E-state index contributed by atoms with van der Waals surface area (Å²) in [6.45, 7) is 24.2. The molecule has 0 aliphatic heterocycles. The first-order chi connectivity index (χ1) is 20.3. The van der Waals surface area contributed by atoms with Gasteiger partial charge in [-0.1, -0.05) is 54.9 Å². The summed E-state index contributed by atoms with van der Waals surface area (Å²) >= 11 is 0. The molecule has 1 aromatic carbocycles. The van der Waals surface area contributed by atoms with Crippen LogP contribution in [0.3, 0.4) is 0 Å². The topological polar surface area (TPSA) is 115 Å². The van der Waals surface area contributed by atoms with Crippen LogP contribution in [0.4, 0.5) is 0 Å². The van der Waals surface area contributed by atoms with Gasteiger partial charge in [0.15, 0.2) is 23.1 Å². The van der Waals surface area contributed by atoms with E-state index in [9.17, 15) is 30.0 Å². The Morgan fingerprint density at radius 2 is 1.61 bits per heavy atom. The maximum Gasteiger partial charge on any atom is 0.200 e. The van der Waals surface area contributed by atoms with Crippen molar-refractivity contribution in [2.75, 3.05) is 0 Å². The van der Waals surface area contributed by atoms with E-state index < -0.39 is 45.4 Å². The van der Waals surface area contributed by atoms with Crippen molar-refractivity contribution in [2.24, 2.45) is 28.1 Å². The van der Waals surface area contributed by atoms with E-state index in [0.29, 0.717) is 25.7 Å². The number of fused-ring (bicyclic) bond motifs is 2. The second kappa shape index (κ2) is 12.9. The molecular formula is C38H52O6. The van der Waals surface area contributed by atoms with Gasteiger partial charge < -0.3 is 20.4 Å². The van der Waals surface area contributed by atoms with Gasteiger partial charge in [0.05, 0.1) is 16.9 Å². The number of carbonyl (C=O) groups excluding carboxylic acids is 2. The van der Waals surface area contributed by atoms with Gasteiger partial charge in [0.25, 0.3) is 0 Å². The lowest BCUT2D eigenvalue weighted by Crippen LogP contribution is -2.69. The van der Waals surface area contributed by atoms with Crippen molar-refractivity contribution in [1.82, 2.24) is 0 Å². The molecule has 1 saturated carbocycles. The number of allylic oxidation sites excluding steroid dienone is 7. The molecule has 2 bridgehead atoms. The average molecular weight is 605 g/mol. The van der Waals surface area contributed by atoms with E-state index in [-0.39, 0.29) is 35.2 Å². The highest BCUT2D eigenvalue weighted by atomic mass is 16.3. The molecule has 6 heteroatoms. The maximum atomic E-state index is 14.9. The lowest BCUT2D eigenvalue weighted by atomic mass is 9.38. The second-order valence-electron chi connectivity index (χ2n) is 14.5. The van der Waals surface area contributed by atoms with Crippen LogP contribution in [0.2, 0.25) is 0 Å². The molecule has 0 saturated heterocycles. The minimum atomic E-state index is -1.42. The van der Waals surface area contributed by atoms with Crippen LogP contribution >= 0.6 is 0 Å². The highest BCUT2D eigenvalue weighted by molar-refractivity contribution is 6.29. The van der Waals surface area contributed by atoms with Crippen molar-refractivity contribution in [2.45, 2.75) is 100 Å². The number of aromatic hydroxyl groups is 2. The third-order valence-corrected chi connectivity index (χ3v) is 10.4. The van der Waals surface area contributed by atoms with Crippen LogP contribution in [-0.2, 0) is 4.79 Å². The van der Waals surface area contributed by atoms with E-state index in [1.807, 2.05) is 61.5 Å². The number of hydrogen-bond acceptors (Lipinski definition) is 6. The zero-order valence-corrected chi connectivity index (χ0v) is 27.9. The molecule has 4 N–H and O–H groups in total. The number of rotatable bonds is 12. The Morgan fingerprint density at radius 3 is 2.14 bits per heavy atom. The average Bonchev–Trinajstić information content (AvgIpc) is 2.91. The number of Topliss-reactive ketones (excluding diaryl/α,β-unsaturated/α-hetero) is 2. The third-order valence-electron chi connectivity index (χ3n) is 10.4. The summed E-state index contributed by atoms with van der Waals surface area (Å²) in [6.07, 6.45) is 5.80. The molecule has 2 aliphatic rings. The number of benzene rings is 1. The van der Waals surface area contributed by atoms with Gasteiger partial charge >= 0.3 is 0 Å². The first kappa shape index (κ1) is 35.1. The second-order valence-corrected chi connectivity index (χ2v) is 14.5. The van der Waals surface area contributed by atoms with Gasteiger partial charge in [-0.2, -0.15) is 0 Å². The summed E-state index contributed by atoms with van der Waals surface area (Å²) in [5.41, 5.74) is 0.142. The van der Waals surface area contributed by atoms with E-state index in [2.05, 4.69) is 19.2 Å². The fourth-order valence-corrected chi connectivity index (χ4v) is 7.50. The predicted molar refractivity (Wildman–Crippen MR) is 177 cm³/mol. The molecule has 3 rings (SSSR count). The van der Waals surface area contributed by atoms with Crippen LogP contribution in [-0.4, -0.2) is 38.1 Å². The van der Waals surface area contributed by atoms with Gasteiger partial charge in [0.2, 0.25) is 0 Å². The fourth-order valence-electron chi connectivity index (χ4n) is 7.50. The molecule has 44 heavy (non-hydrogen) atoms. The molecule has 0 radical (unpaired) electrons. The predicted octanol–water partition coefficient (Wildman–Crippen LogP) is 8.71. The molecule has 2 aliphatic carbocycles. The minimum absolute atomic E-state index is 0.0326. The van der Waals surface area contributed by atoms with Crippen molar-refractivity contribution in [1.29, 1.82) is 0 Å². The SMILES string of the molecule is C=C(C)CCC(CC12CC(CC=C(C)C)C(C)(C)[C@](CC=C(C)C)(C(=O)C(C(=O)c3ccc(O)c(O)c3)=C1O)C2O)C(=C)C. The molecule has 0 spiro atoms. The van der Waals surface area contributed by atoms with Crippen molar-refractivity contribution in [3.8, 4) is 11.5 Å². The molecule has 6 nitrogen and oxygen atoms in total. The molecule has 1 aromatic rings. The van der Waals surface area contributed by atoms with Crippen LogP contribution in [0, 0.1) is 28.1 Å². The Kier molecular flexibility index (Phi) is 10.3. The Hall–Kier alpha value is -3.38. The molecule has 0 amide bonds. The van der Waals surface area contributed by atoms with Gasteiger partial charge in [0.1, 0.15) is 11.3 Å². The highest BCUT2D eigenvalue weighted by Gasteiger charge is 2.72. The number of ketones is 2. The molecule has 1 fully saturated rings. The standard InChI is InChI=1S/C38H52O6/c1-22(2)11-13-27(25(7)8)20-37-21-28(15-12-23(3)4)36(9,10)38(35(37)44,18-17-24(5)6)34(43)31(33(37)42)32(41)26-14-16-29(39)30(40)19-26/h12,14,16-17,19,27-28,35,39-40,42,44H,1,7,11,13,15,18,20-21H2,2-6,8-10H3/t27?,28?,35?,37?,38-/m1/s1. The summed E-state index contributed by atoms with van der Waals surface area (Å²) in [4.78, 5) is 29.2. The van der Waals surface area contributed by atoms with Crippen molar-refractivity contribution >= 4 is 11.6 Å². The van der Waals surface area contributed by atoms with Gasteiger partial charge in [-0.05, 0) is 116 Å². The summed E-state index contributed by atoms with van der Waals surface area (Å²) < 4.78 is 0. The van der Waals surface area contributed by atoms with E-state index in [0.717, 1.165) is 34.8 Å². The Morgan fingerprint density at radius 1 is 1.00 bits per heavy atom. The number of aliphatic hydroxyl groups excluding tert-OH is 2. The maximum absolute atomic E-state index is 14.9. The van der Waals surface area contributed by atoms with E-state index in [4.69, 9.17) is 0 Å². The van der Waals surface area contributed by atoms with E-state index >= 15 is 0 Å². The number of carbonyl (C=O) groups is 2. The number of hydrogen-bond donors (Lipinski definition) is 4. The lowest BCUT2D eigenvalue weighted by Gasteiger charge is -2.65. The summed E-state index contributed by atoms with van der Waals surface area (Å²) in [7, 11) is 0. The van der Waals surface area contributed by atoms with E-state index in [1.54, 1.807) is 0 Å². The van der Waals surface area contributed by atoms with Crippen LogP contribution < -0.4 is 0 Å². The largest absolute Gasteiger partial charge is 0.511 e. The molecule has 4 unspecified atom stereocenters. The molecular weight excluding hydrogens is 552 g/mol.